The number of alkyl halides is 3. The Morgan fingerprint density at radius 1 is 1.20 bits per heavy atom. The van der Waals surface area contributed by atoms with Crippen molar-refractivity contribution in [1.29, 1.82) is 0 Å². The lowest BCUT2D eigenvalue weighted by atomic mass is 9.70. The molecule has 0 saturated heterocycles. The van der Waals surface area contributed by atoms with E-state index >= 15 is 0 Å². The van der Waals surface area contributed by atoms with Crippen molar-refractivity contribution < 1.29 is 26.2 Å². The summed E-state index contributed by atoms with van der Waals surface area (Å²) in [6.45, 7) is 4.91. The van der Waals surface area contributed by atoms with E-state index in [0.717, 1.165) is 12.1 Å². The summed E-state index contributed by atoms with van der Waals surface area (Å²) in [6, 6.07) is 1.98. The summed E-state index contributed by atoms with van der Waals surface area (Å²) in [5.74, 6) is -4.32. The van der Waals surface area contributed by atoms with E-state index < -0.39 is 50.4 Å². The lowest BCUT2D eigenvalue weighted by Crippen LogP contribution is -2.40. The molecule has 0 unspecified atom stereocenters. The summed E-state index contributed by atoms with van der Waals surface area (Å²) in [5, 5.41) is -0.765. The lowest BCUT2D eigenvalue weighted by Gasteiger charge is -2.37. The minimum atomic E-state index is -4.34. The number of halogens is 6. The van der Waals surface area contributed by atoms with Gasteiger partial charge in [0, 0.05) is 11.5 Å². The minimum absolute atomic E-state index is 0.0619. The van der Waals surface area contributed by atoms with Gasteiger partial charge in [-0.25, -0.2) is 13.0 Å². The van der Waals surface area contributed by atoms with Gasteiger partial charge in [-0.15, -0.1) is 0 Å². The first-order chi connectivity index (χ1) is 11.3. The van der Waals surface area contributed by atoms with Gasteiger partial charge in [-0.05, 0) is 45.7 Å². The molecule has 1 saturated carbocycles. The third-order valence-corrected chi connectivity index (χ3v) is 5.76. The molecular weight excluding hydrogens is 385 g/mol. The van der Waals surface area contributed by atoms with Gasteiger partial charge >= 0.3 is 6.18 Å². The maximum atomic E-state index is 14.3. The van der Waals surface area contributed by atoms with Crippen LogP contribution in [-0.4, -0.2) is 20.8 Å². The molecule has 2 rings (SSSR count). The van der Waals surface area contributed by atoms with Crippen LogP contribution in [0.15, 0.2) is 16.5 Å². The summed E-state index contributed by atoms with van der Waals surface area (Å²) in [6.07, 6.45) is -4.90. The summed E-state index contributed by atoms with van der Waals surface area (Å²) in [4.78, 5) is 0. The fraction of sp³-hybridized carbons (Fsp3) is 0.562. The van der Waals surface area contributed by atoms with Crippen LogP contribution in [0.4, 0.5) is 22.0 Å². The highest BCUT2D eigenvalue weighted by molar-refractivity contribution is 7.85. The van der Waals surface area contributed by atoms with Crippen LogP contribution < -0.4 is 0 Å². The number of nitrogens with zero attached hydrogens (tertiary/aromatic N) is 1. The molecule has 25 heavy (non-hydrogen) atoms. The summed E-state index contributed by atoms with van der Waals surface area (Å²) in [7, 11) is -1.81. The molecule has 0 N–H and O–H groups in total. The van der Waals surface area contributed by atoms with E-state index in [9.17, 15) is 26.2 Å². The molecule has 1 aliphatic rings. The van der Waals surface area contributed by atoms with Crippen molar-refractivity contribution in [3.05, 3.63) is 34.4 Å². The molecule has 0 radical (unpaired) electrons. The Labute approximate surface area is 150 Å². The third kappa shape index (κ3) is 4.39. The van der Waals surface area contributed by atoms with Crippen LogP contribution in [0.5, 0.6) is 0 Å². The molecule has 0 heterocycles. The Balaban J connectivity index is 2.44. The summed E-state index contributed by atoms with van der Waals surface area (Å²) >= 11 is 5.56. The van der Waals surface area contributed by atoms with Gasteiger partial charge in [-0.3, -0.25) is 0 Å². The van der Waals surface area contributed by atoms with Crippen LogP contribution >= 0.6 is 11.6 Å². The summed E-state index contributed by atoms with van der Waals surface area (Å²) in [5.41, 5.74) is -0.275. The number of hydrogen-bond acceptors (Lipinski definition) is 1. The highest BCUT2D eigenvalue weighted by Gasteiger charge is 2.49. The van der Waals surface area contributed by atoms with Crippen LogP contribution in [0.25, 0.3) is 0 Å². The Kier molecular flexibility index (Phi) is 5.64. The predicted molar refractivity (Wildman–Crippen MR) is 88.1 cm³/mol. The molecular formula is C16H17ClF5NOS. The zero-order valence-electron chi connectivity index (χ0n) is 13.8. The van der Waals surface area contributed by atoms with Crippen LogP contribution in [0.1, 0.15) is 39.2 Å². The Bertz CT molecular complexity index is 720. The van der Waals surface area contributed by atoms with Gasteiger partial charge in [-0.1, -0.05) is 11.6 Å². The lowest BCUT2D eigenvalue weighted by molar-refractivity contribution is -0.198. The smallest absolute Gasteiger partial charge is 0.234 e. The van der Waals surface area contributed by atoms with Crippen LogP contribution in [-0.2, 0) is 11.0 Å². The van der Waals surface area contributed by atoms with E-state index in [1.807, 2.05) is 0 Å². The first kappa shape index (κ1) is 20.3. The Morgan fingerprint density at radius 2 is 1.76 bits per heavy atom. The second-order valence-corrected chi connectivity index (χ2v) is 9.25. The van der Waals surface area contributed by atoms with E-state index in [-0.39, 0.29) is 24.1 Å². The monoisotopic (exact) mass is 401 g/mol. The highest BCUT2D eigenvalue weighted by atomic mass is 35.5. The van der Waals surface area contributed by atoms with E-state index in [1.54, 1.807) is 20.8 Å². The number of hydrogen-bond donors (Lipinski definition) is 0. The second kappa shape index (κ2) is 6.95. The topological polar surface area (TPSA) is 29.4 Å². The third-order valence-electron chi connectivity index (χ3n) is 4.00. The second-order valence-electron chi connectivity index (χ2n) is 6.97. The van der Waals surface area contributed by atoms with Gasteiger partial charge in [-0.2, -0.15) is 17.6 Å². The quantitative estimate of drug-likeness (QED) is 0.376. The van der Waals surface area contributed by atoms with Crippen LogP contribution in [0.3, 0.4) is 0 Å². The molecule has 1 aromatic carbocycles. The molecule has 0 aliphatic heterocycles. The first-order valence-corrected chi connectivity index (χ1v) is 9.02. The van der Waals surface area contributed by atoms with Gasteiger partial charge in [0.05, 0.1) is 16.4 Å². The Morgan fingerprint density at radius 3 is 2.24 bits per heavy atom. The Hall–Kier alpha value is -1.02. The van der Waals surface area contributed by atoms with E-state index in [2.05, 4.69) is 4.40 Å². The number of rotatable bonds is 3. The molecule has 1 fully saturated rings. The zero-order valence-corrected chi connectivity index (χ0v) is 15.3. The fourth-order valence-electron chi connectivity index (χ4n) is 2.40. The highest BCUT2D eigenvalue weighted by Crippen LogP contribution is 2.46. The molecule has 0 aromatic heterocycles. The average Bonchev–Trinajstić information content (AvgIpc) is 2.40. The largest absolute Gasteiger partial charge is 0.391 e. The molecule has 1 atom stereocenters. The molecule has 1 aromatic rings. The molecule has 0 bridgehead atoms. The first-order valence-electron chi connectivity index (χ1n) is 7.53. The molecule has 1 aliphatic carbocycles. The van der Waals surface area contributed by atoms with Crippen molar-refractivity contribution in [2.45, 2.75) is 44.5 Å². The molecule has 2 nitrogen and oxygen atoms in total. The van der Waals surface area contributed by atoms with E-state index in [1.165, 1.54) is 0 Å². The van der Waals surface area contributed by atoms with Crippen LogP contribution in [0, 0.1) is 23.5 Å². The van der Waals surface area contributed by atoms with Crippen molar-refractivity contribution in [2.24, 2.45) is 16.2 Å². The SMILES string of the molecule is CC(C)(C)[S@@](=O)N=C(c1ccc(F)c(Cl)c1F)C1CC(C(F)(F)F)C1. The van der Waals surface area contributed by atoms with Gasteiger partial charge in [0.1, 0.15) is 21.8 Å². The van der Waals surface area contributed by atoms with Crippen molar-refractivity contribution >= 4 is 28.3 Å². The normalized spacial score (nSPS) is 23.3. The maximum Gasteiger partial charge on any atom is 0.391 e. The van der Waals surface area contributed by atoms with E-state index in [4.69, 9.17) is 11.6 Å². The average molecular weight is 402 g/mol. The predicted octanol–water partition coefficient (Wildman–Crippen LogP) is 5.46. The molecule has 0 amide bonds. The summed E-state index contributed by atoms with van der Waals surface area (Å²) < 4.78 is 81.5. The standard InChI is InChI=1S/C16H17ClF5NOS/c1-15(2,3)25(24)23-14(8-6-9(7-8)16(20,21)22)10-4-5-11(18)12(17)13(10)19/h4-5,8-9H,6-7H2,1-3H3/t8?,9?,25-/m1/s1. The minimum Gasteiger partial charge on any atom is -0.234 e. The van der Waals surface area contributed by atoms with Gasteiger partial charge < -0.3 is 0 Å². The molecule has 140 valence electrons. The van der Waals surface area contributed by atoms with Crippen LogP contribution in [0.2, 0.25) is 5.02 Å². The van der Waals surface area contributed by atoms with Gasteiger partial charge in [0.15, 0.2) is 5.82 Å². The van der Waals surface area contributed by atoms with Crippen molar-refractivity contribution in [3.8, 4) is 0 Å². The molecule has 9 heteroatoms. The fourth-order valence-corrected chi connectivity index (χ4v) is 3.27. The maximum absolute atomic E-state index is 14.3. The zero-order chi connectivity index (χ0) is 19.2. The van der Waals surface area contributed by atoms with Crippen molar-refractivity contribution in [2.75, 3.05) is 0 Å². The van der Waals surface area contributed by atoms with Gasteiger partial charge in [0.2, 0.25) is 0 Å². The van der Waals surface area contributed by atoms with Crippen molar-refractivity contribution in [3.63, 3.8) is 0 Å². The number of benzene rings is 1. The van der Waals surface area contributed by atoms with E-state index in [0.29, 0.717) is 0 Å². The van der Waals surface area contributed by atoms with Crippen molar-refractivity contribution in [1.82, 2.24) is 0 Å². The van der Waals surface area contributed by atoms with Gasteiger partial charge in [0.25, 0.3) is 0 Å². The molecule has 0 spiro atoms.